The number of aryl methyl sites for hydroxylation is 2. The van der Waals surface area contributed by atoms with Crippen LogP contribution in [0.1, 0.15) is 25.5 Å². The summed E-state index contributed by atoms with van der Waals surface area (Å²) < 4.78 is 1.56. The van der Waals surface area contributed by atoms with E-state index in [0.29, 0.717) is 29.3 Å². The van der Waals surface area contributed by atoms with Crippen molar-refractivity contribution in [3.8, 4) is 0 Å². The highest BCUT2D eigenvalue weighted by molar-refractivity contribution is 7.99. The maximum absolute atomic E-state index is 11.1. The second kappa shape index (κ2) is 6.61. The van der Waals surface area contributed by atoms with Crippen LogP contribution in [0.3, 0.4) is 0 Å². The minimum Gasteiger partial charge on any atom is -0.396 e. The molecule has 0 aliphatic heterocycles. The van der Waals surface area contributed by atoms with Crippen LogP contribution < -0.4 is 0 Å². The number of aromatic nitrogens is 2. The van der Waals surface area contributed by atoms with E-state index >= 15 is 0 Å². The number of hydrogen-bond acceptors (Lipinski definition) is 5. The standard InChI is InChI=1S/C10H17N3O3S/c1-3-5-8-9(13(15)16)10(12(2)11-8)17-7-4-6-14/h14H,3-7H2,1-2H3. The molecule has 0 aliphatic carbocycles. The number of rotatable bonds is 7. The quantitative estimate of drug-likeness (QED) is 0.349. The summed E-state index contributed by atoms with van der Waals surface area (Å²) in [5.74, 6) is 0.655. The van der Waals surface area contributed by atoms with E-state index in [1.54, 1.807) is 11.7 Å². The van der Waals surface area contributed by atoms with Gasteiger partial charge in [0, 0.05) is 19.4 Å². The number of nitro groups is 1. The first-order valence-electron chi connectivity index (χ1n) is 5.55. The van der Waals surface area contributed by atoms with Gasteiger partial charge in [0.15, 0.2) is 5.03 Å². The molecule has 0 atom stereocenters. The van der Waals surface area contributed by atoms with Crippen molar-refractivity contribution >= 4 is 17.4 Å². The predicted molar refractivity (Wildman–Crippen MR) is 66.3 cm³/mol. The maximum atomic E-state index is 11.1. The molecule has 0 aliphatic rings. The molecule has 1 N–H and O–H groups in total. The lowest BCUT2D eigenvalue weighted by Gasteiger charge is -2.00. The molecule has 0 unspecified atom stereocenters. The fourth-order valence-corrected chi connectivity index (χ4v) is 2.56. The zero-order valence-corrected chi connectivity index (χ0v) is 10.9. The summed E-state index contributed by atoms with van der Waals surface area (Å²) in [6.07, 6.45) is 2.07. The van der Waals surface area contributed by atoms with Crippen molar-refractivity contribution in [3.63, 3.8) is 0 Å². The van der Waals surface area contributed by atoms with Gasteiger partial charge in [0.1, 0.15) is 5.69 Å². The van der Waals surface area contributed by atoms with Crippen molar-refractivity contribution in [2.45, 2.75) is 31.2 Å². The molecule has 1 aromatic heterocycles. The van der Waals surface area contributed by atoms with Gasteiger partial charge in [-0.05, 0) is 12.8 Å². The average molecular weight is 259 g/mol. The SMILES string of the molecule is CCCc1nn(C)c(SCCCO)c1[N+](=O)[O-]. The van der Waals surface area contributed by atoms with E-state index in [4.69, 9.17) is 5.11 Å². The largest absolute Gasteiger partial charge is 0.396 e. The fraction of sp³-hybridized carbons (Fsp3) is 0.700. The normalized spacial score (nSPS) is 10.8. The summed E-state index contributed by atoms with van der Waals surface area (Å²) in [6, 6.07) is 0. The number of thioether (sulfide) groups is 1. The van der Waals surface area contributed by atoms with Gasteiger partial charge in [0.2, 0.25) is 0 Å². The molecule has 0 aromatic carbocycles. The Morgan fingerprint density at radius 3 is 2.82 bits per heavy atom. The van der Waals surface area contributed by atoms with Crippen LogP contribution in [0.4, 0.5) is 5.69 Å². The summed E-state index contributed by atoms with van der Waals surface area (Å²) in [4.78, 5) is 10.7. The fourth-order valence-electron chi connectivity index (χ4n) is 1.53. The van der Waals surface area contributed by atoms with Gasteiger partial charge in [-0.1, -0.05) is 25.1 Å². The zero-order chi connectivity index (χ0) is 12.8. The van der Waals surface area contributed by atoms with Gasteiger partial charge in [-0.2, -0.15) is 5.10 Å². The zero-order valence-electron chi connectivity index (χ0n) is 10.0. The summed E-state index contributed by atoms with van der Waals surface area (Å²) in [6.45, 7) is 2.07. The predicted octanol–water partition coefficient (Wildman–Crippen LogP) is 1.76. The molecule has 0 bridgehead atoms. The average Bonchev–Trinajstić information content (AvgIpc) is 2.56. The van der Waals surface area contributed by atoms with Crippen molar-refractivity contribution < 1.29 is 10.0 Å². The van der Waals surface area contributed by atoms with Crippen molar-refractivity contribution in [1.29, 1.82) is 0 Å². The molecule has 0 fully saturated rings. The molecule has 6 nitrogen and oxygen atoms in total. The summed E-state index contributed by atoms with van der Waals surface area (Å²) in [5.41, 5.74) is 0.670. The van der Waals surface area contributed by atoms with Crippen LogP contribution in [-0.4, -0.2) is 32.2 Å². The van der Waals surface area contributed by atoms with Gasteiger partial charge in [-0.15, -0.1) is 0 Å². The van der Waals surface area contributed by atoms with Gasteiger partial charge in [0.05, 0.1) is 4.92 Å². The van der Waals surface area contributed by atoms with E-state index in [-0.39, 0.29) is 17.2 Å². The molecule has 17 heavy (non-hydrogen) atoms. The Morgan fingerprint density at radius 1 is 1.59 bits per heavy atom. The number of aliphatic hydroxyl groups excluding tert-OH is 1. The van der Waals surface area contributed by atoms with Crippen LogP contribution >= 0.6 is 11.8 Å². The van der Waals surface area contributed by atoms with Crippen molar-refractivity contribution in [3.05, 3.63) is 15.8 Å². The minimum atomic E-state index is -0.362. The third-order valence-corrected chi connectivity index (χ3v) is 3.47. The van der Waals surface area contributed by atoms with E-state index in [1.165, 1.54) is 11.8 Å². The number of hydrogen-bond donors (Lipinski definition) is 1. The molecule has 0 amide bonds. The molecule has 7 heteroatoms. The topological polar surface area (TPSA) is 81.2 Å². The second-order valence-electron chi connectivity index (χ2n) is 3.66. The van der Waals surface area contributed by atoms with Crippen LogP contribution in [0.25, 0.3) is 0 Å². The third kappa shape index (κ3) is 3.44. The molecule has 1 heterocycles. The Hall–Kier alpha value is -1.08. The molecular weight excluding hydrogens is 242 g/mol. The van der Waals surface area contributed by atoms with Gasteiger partial charge in [-0.3, -0.25) is 14.8 Å². The van der Waals surface area contributed by atoms with Crippen LogP contribution in [0.2, 0.25) is 0 Å². The van der Waals surface area contributed by atoms with E-state index in [0.717, 1.165) is 6.42 Å². The second-order valence-corrected chi connectivity index (χ2v) is 4.74. The minimum absolute atomic E-state index is 0.0977. The molecular formula is C10H17N3O3S. The Kier molecular flexibility index (Phi) is 5.43. The van der Waals surface area contributed by atoms with Crippen LogP contribution in [0.5, 0.6) is 0 Å². The molecule has 96 valence electrons. The summed E-state index contributed by atoms with van der Waals surface area (Å²) in [7, 11) is 1.72. The van der Waals surface area contributed by atoms with Crippen molar-refractivity contribution in [2.24, 2.45) is 7.05 Å². The Bertz CT molecular complexity index is 392. The first-order chi connectivity index (χ1) is 8.11. The monoisotopic (exact) mass is 259 g/mol. The highest BCUT2D eigenvalue weighted by Gasteiger charge is 2.25. The third-order valence-electron chi connectivity index (χ3n) is 2.25. The van der Waals surface area contributed by atoms with Gasteiger partial charge in [0.25, 0.3) is 0 Å². The molecule has 0 spiro atoms. The van der Waals surface area contributed by atoms with Gasteiger partial charge in [-0.25, -0.2) is 0 Å². The van der Waals surface area contributed by atoms with Crippen LogP contribution in [-0.2, 0) is 13.5 Å². The van der Waals surface area contributed by atoms with E-state index < -0.39 is 0 Å². The highest BCUT2D eigenvalue weighted by Crippen LogP contribution is 2.32. The highest BCUT2D eigenvalue weighted by atomic mass is 32.2. The molecule has 0 saturated carbocycles. The molecule has 1 rings (SSSR count). The Morgan fingerprint density at radius 2 is 2.29 bits per heavy atom. The lowest BCUT2D eigenvalue weighted by atomic mass is 10.2. The van der Waals surface area contributed by atoms with E-state index in [9.17, 15) is 10.1 Å². The molecule has 1 aromatic rings. The number of aliphatic hydroxyl groups is 1. The first-order valence-corrected chi connectivity index (χ1v) is 6.54. The first kappa shape index (κ1) is 14.0. The van der Waals surface area contributed by atoms with Gasteiger partial charge < -0.3 is 5.11 Å². The smallest absolute Gasteiger partial charge is 0.323 e. The summed E-state index contributed by atoms with van der Waals surface area (Å²) in [5, 5.41) is 24.5. The Balaban J connectivity index is 2.96. The molecule has 0 saturated heterocycles. The number of nitrogens with zero attached hydrogens (tertiary/aromatic N) is 3. The van der Waals surface area contributed by atoms with Crippen molar-refractivity contribution in [1.82, 2.24) is 9.78 Å². The Labute approximate surface area is 104 Å². The maximum Gasteiger partial charge on any atom is 0.323 e. The van der Waals surface area contributed by atoms with E-state index in [1.807, 2.05) is 6.92 Å². The molecule has 0 radical (unpaired) electrons. The lowest BCUT2D eigenvalue weighted by Crippen LogP contribution is -1.96. The van der Waals surface area contributed by atoms with Crippen LogP contribution in [0.15, 0.2) is 5.03 Å². The van der Waals surface area contributed by atoms with Crippen molar-refractivity contribution in [2.75, 3.05) is 12.4 Å². The van der Waals surface area contributed by atoms with Crippen LogP contribution in [0, 0.1) is 10.1 Å². The lowest BCUT2D eigenvalue weighted by molar-refractivity contribution is -0.388. The van der Waals surface area contributed by atoms with E-state index in [2.05, 4.69) is 5.10 Å². The summed E-state index contributed by atoms with van der Waals surface area (Å²) >= 11 is 1.37. The van der Waals surface area contributed by atoms with Gasteiger partial charge >= 0.3 is 5.69 Å².